The van der Waals surface area contributed by atoms with Crippen molar-refractivity contribution in [3.63, 3.8) is 0 Å². The van der Waals surface area contributed by atoms with Crippen LogP contribution < -0.4 is 16.2 Å². The lowest BCUT2D eigenvalue weighted by Gasteiger charge is -2.27. The largest absolute Gasteiger partial charge is 0.378 e. The van der Waals surface area contributed by atoms with E-state index in [1.807, 2.05) is 50.2 Å². The number of nitrogens with zero attached hydrogens (tertiary/aromatic N) is 2. The molecule has 3 amide bonds. The Balaban J connectivity index is 1.45. The van der Waals surface area contributed by atoms with Crippen LogP contribution in [0.25, 0.3) is 11.1 Å². The fourth-order valence-corrected chi connectivity index (χ4v) is 5.37. The third-order valence-corrected chi connectivity index (χ3v) is 7.91. The molecular formula is C36H36N4O5. The van der Waals surface area contributed by atoms with Crippen LogP contribution >= 0.6 is 0 Å². The van der Waals surface area contributed by atoms with E-state index < -0.39 is 5.91 Å². The number of ether oxygens (including phenoxy) is 1. The lowest BCUT2D eigenvalue weighted by Crippen LogP contribution is -2.41. The van der Waals surface area contributed by atoms with Crippen LogP contribution in [0.5, 0.6) is 0 Å². The van der Waals surface area contributed by atoms with Gasteiger partial charge in [-0.25, -0.2) is 0 Å². The normalized spacial score (nSPS) is 12.8. The van der Waals surface area contributed by atoms with Crippen LogP contribution in [0.1, 0.15) is 43.0 Å². The Hall–Kier alpha value is -5.28. The van der Waals surface area contributed by atoms with Gasteiger partial charge in [0.25, 0.3) is 17.4 Å². The minimum absolute atomic E-state index is 0.162. The highest BCUT2D eigenvalue weighted by Gasteiger charge is 2.22. The number of hydrogen-bond acceptors (Lipinski definition) is 5. The van der Waals surface area contributed by atoms with E-state index >= 15 is 0 Å². The topological polar surface area (TPSA) is 110 Å². The number of benzene rings is 3. The summed E-state index contributed by atoms with van der Waals surface area (Å²) >= 11 is 0. The van der Waals surface area contributed by atoms with E-state index in [0.29, 0.717) is 54.4 Å². The van der Waals surface area contributed by atoms with Crippen molar-refractivity contribution in [1.29, 1.82) is 0 Å². The molecule has 0 unspecified atom stereocenters. The van der Waals surface area contributed by atoms with Crippen molar-refractivity contribution in [1.82, 2.24) is 9.47 Å². The van der Waals surface area contributed by atoms with Gasteiger partial charge in [-0.1, -0.05) is 42.5 Å². The maximum Gasteiger partial charge on any atom is 0.256 e. The summed E-state index contributed by atoms with van der Waals surface area (Å²) in [6.45, 7) is 9.28. The van der Waals surface area contributed by atoms with Gasteiger partial charge >= 0.3 is 0 Å². The highest BCUT2D eigenvalue weighted by Crippen LogP contribution is 2.30. The van der Waals surface area contributed by atoms with E-state index in [0.717, 1.165) is 33.9 Å². The fraction of sp³-hybridized carbons (Fsp3) is 0.222. The second kappa shape index (κ2) is 13.6. The Bertz CT molecular complexity index is 1840. The predicted octanol–water partition coefficient (Wildman–Crippen LogP) is 5.11. The van der Waals surface area contributed by atoms with E-state index in [1.54, 1.807) is 53.0 Å². The second-order valence-corrected chi connectivity index (χ2v) is 11.1. The number of amides is 3. The number of pyridine rings is 1. The van der Waals surface area contributed by atoms with Crippen molar-refractivity contribution in [2.45, 2.75) is 20.3 Å². The number of aryl methyl sites for hydroxylation is 2. The van der Waals surface area contributed by atoms with Crippen molar-refractivity contribution in [2.24, 2.45) is 7.05 Å². The van der Waals surface area contributed by atoms with Crippen LogP contribution in [0, 0.1) is 13.8 Å². The van der Waals surface area contributed by atoms with Gasteiger partial charge in [0.05, 0.1) is 24.5 Å². The maximum atomic E-state index is 13.3. The van der Waals surface area contributed by atoms with Crippen molar-refractivity contribution >= 4 is 29.1 Å². The molecule has 0 aliphatic carbocycles. The Morgan fingerprint density at radius 2 is 1.67 bits per heavy atom. The maximum absolute atomic E-state index is 13.3. The van der Waals surface area contributed by atoms with Crippen LogP contribution in [0.3, 0.4) is 0 Å². The summed E-state index contributed by atoms with van der Waals surface area (Å²) in [5.74, 6) is -0.843. The van der Waals surface area contributed by atoms with E-state index in [-0.39, 0.29) is 23.8 Å². The van der Waals surface area contributed by atoms with Gasteiger partial charge in [0.15, 0.2) is 0 Å². The average Bonchev–Trinajstić information content (AvgIpc) is 3.04. The summed E-state index contributed by atoms with van der Waals surface area (Å²) in [6.07, 6.45) is 3.19. The smallest absolute Gasteiger partial charge is 0.256 e. The molecule has 1 aliphatic rings. The van der Waals surface area contributed by atoms with Crippen LogP contribution in [0.15, 0.2) is 90.4 Å². The van der Waals surface area contributed by atoms with Crippen LogP contribution in [-0.4, -0.2) is 53.5 Å². The quantitative estimate of drug-likeness (QED) is 0.272. The number of rotatable bonds is 8. The van der Waals surface area contributed by atoms with Crippen LogP contribution in [0.4, 0.5) is 11.4 Å². The summed E-state index contributed by atoms with van der Waals surface area (Å²) in [5, 5.41) is 5.77. The minimum atomic E-state index is -0.439. The SMILES string of the molecule is C=CC(=O)Nc1cc(Cc2cc(-c3cccc(NC(=O)c4ccc(C)cc4)c3C)cn(C)c2=O)ccc1C(=O)N1CCOCC1. The lowest BCUT2D eigenvalue weighted by atomic mass is 9.96. The predicted molar refractivity (Wildman–Crippen MR) is 176 cm³/mol. The number of morpholine rings is 1. The molecular weight excluding hydrogens is 568 g/mol. The molecule has 3 aromatic carbocycles. The number of anilines is 2. The molecule has 230 valence electrons. The molecule has 0 atom stereocenters. The first-order chi connectivity index (χ1) is 21.6. The van der Waals surface area contributed by atoms with Crippen molar-refractivity contribution < 1.29 is 19.1 Å². The molecule has 2 N–H and O–H groups in total. The first-order valence-electron chi connectivity index (χ1n) is 14.8. The van der Waals surface area contributed by atoms with Gasteiger partial charge in [-0.15, -0.1) is 0 Å². The van der Waals surface area contributed by atoms with Crippen LogP contribution in [0.2, 0.25) is 0 Å². The van der Waals surface area contributed by atoms with Crippen molar-refractivity contribution in [3.05, 3.63) is 129 Å². The molecule has 5 rings (SSSR count). The van der Waals surface area contributed by atoms with Gasteiger partial charge in [-0.3, -0.25) is 19.2 Å². The van der Waals surface area contributed by atoms with Crippen molar-refractivity contribution in [2.75, 3.05) is 36.9 Å². The Labute approximate surface area is 262 Å². The number of hydrogen-bond donors (Lipinski definition) is 2. The molecule has 1 aromatic heterocycles. The molecule has 1 aliphatic heterocycles. The molecule has 0 bridgehead atoms. The monoisotopic (exact) mass is 604 g/mol. The van der Waals surface area contributed by atoms with Gasteiger partial charge in [0, 0.05) is 49.6 Å². The summed E-state index contributed by atoms with van der Waals surface area (Å²) in [6, 6.07) is 20.1. The Morgan fingerprint density at radius 1 is 0.933 bits per heavy atom. The second-order valence-electron chi connectivity index (χ2n) is 11.1. The average molecular weight is 605 g/mol. The number of nitrogens with one attached hydrogen (secondary N) is 2. The summed E-state index contributed by atoms with van der Waals surface area (Å²) in [7, 11) is 1.70. The first kappa shape index (κ1) is 31.2. The Morgan fingerprint density at radius 3 is 2.38 bits per heavy atom. The molecule has 1 fully saturated rings. The van der Waals surface area contributed by atoms with Gasteiger partial charge in [-0.2, -0.15) is 0 Å². The third kappa shape index (κ3) is 7.11. The number of carbonyl (C=O) groups is 3. The van der Waals surface area contributed by atoms with E-state index in [4.69, 9.17) is 4.74 Å². The van der Waals surface area contributed by atoms with Gasteiger partial charge in [-0.05, 0) is 78.6 Å². The van der Waals surface area contributed by atoms with Gasteiger partial charge in [0.2, 0.25) is 5.91 Å². The highest BCUT2D eigenvalue weighted by molar-refractivity contribution is 6.07. The van der Waals surface area contributed by atoms with E-state index in [2.05, 4.69) is 17.2 Å². The summed E-state index contributed by atoms with van der Waals surface area (Å²) < 4.78 is 6.91. The zero-order chi connectivity index (χ0) is 32.1. The lowest BCUT2D eigenvalue weighted by molar-refractivity contribution is -0.111. The van der Waals surface area contributed by atoms with Crippen LogP contribution in [-0.2, 0) is 23.0 Å². The molecule has 45 heavy (non-hydrogen) atoms. The highest BCUT2D eigenvalue weighted by atomic mass is 16.5. The molecule has 0 saturated carbocycles. The van der Waals surface area contributed by atoms with E-state index in [9.17, 15) is 19.2 Å². The van der Waals surface area contributed by atoms with Gasteiger partial charge in [0.1, 0.15) is 0 Å². The van der Waals surface area contributed by atoms with Crippen molar-refractivity contribution in [3.8, 4) is 11.1 Å². The number of carbonyl (C=O) groups excluding carboxylic acids is 3. The van der Waals surface area contributed by atoms with Gasteiger partial charge < -0.3 is 24.8 Å². The molecule has 2 heterocycles. The third-order valence-electron chi connectivity index (χ3n) is 7.91. The fourth-order valence-electron chi connectivity index (χ4n) is 5.37. The Kier molecular flexibility index (Phi) is 9.39. The molecule has 0 spiro atoms. The zero-order valence-electron chi connectivity index (χ0n) is 25.7. The molecule has 9 nitrogen and oxygen atoms in total. The summed E-state index contributed by atoms with van der Waals surface area (Å²) in [5.41, 5.74) is 6.71. The molecule has 4 aromatic rings. The molecule has 1 saturated heterocycles. The zero-order valence-corrected chi connectivity index (χ0v) is 25.7. The number of aromatic nitrogens is 1. The minimum Gasteiger partial charge on any atom is -0.378 e. The van der Waals surface area contributed by atoms with E-state index in [1.165, 1.54) is 0 Å². The summed E-state index contributed by atoms with van der Waals surface area (Å²) in [4.78, 5) is 53.5. The molecule has 9 heteroatoms. The standard InChI is InChI=1S/C36H36N4O5/c1-5-33(41)37-32-20-25(11-14-30(32)36(44)40-15-17-45-18-16-40)19-27-21-28(22-39(4)35(27)43)29-7-6-8-31(24(29)3)38-34(42)26-12-9-23(2)10-13-26/h5-14,20-22H,1,15-19H2,2-4H3,(H,37,41)(H,38,42). The molecule has 0 radical (unpaired) electrons. The first-order valence-corrected chi connectivity index (χ1v) is 14.8.